The molecule has 2 aromatic rings. The molecule has 0 saturated heterocycles. The zero-order valence-electron chi connectivity index (χ0n) is 12.8. The number of nitrogens with zero attached hydrogens (tertiary/aromatic N) is 3. The fourth-order valence-corrected chi connectivity index (χ4v) is 2.11. The number of aromatic amines is 1. The summed E-state index contributed by atoms with van der Waals surface area (Å²) in [7, 11) is 3.80. The van der Waals surface area contributed by atoms with Crippen molar-refractivity contribution in [3.63, 3.8) is 0 Å². The third kappa shape index (κ3) is 4.08. The lowest BCUT2D eigenvalue weighted by Gasteiger charge is -2.10. The summed E-state index contributed by atoms with van der Waals surface area (Å²) in [5.74, 6) is -0.477. The van der Waals surface area contributed by atoms with Gasteiger partial charge in [0, 0.05) is 17.8 Å². The van der Waals surface area contributed by atoms with E-state index in [-0.39, 0.29) is 5.56 Å². The Morgan fingerprint density at radius 1 is 1.39 bits per heavy atom. The topological polar surface area (TPSA) is 90.7 Å². The SMILES string of the molecule is CN(C)CCN=Cc1c(O)n(-c2cccc(Cl)c2)c(=O)[nH]c1=O. The minimum absolute atomic E-state index is 0.0802. The van der Waals surface area contributed by atoms with E-state index in [0.717, 1.165) is 4.57 Å². The van der Waals surface area contributed by atoms with Crippen molar-refractivity contribution in [2.75, 3.05) is 27.2 Å². The van der Waals surface area contributed by atoms with Gasteiger partial charge in [-0.15, -0.1) is 0 Å². The van der Waals surface area contributed by atoms with Gasteiger partial charge in [-0.3, -0.25) is 14.8 Å². The van der Waals surface area contributed by atoms with Crippen molar-refractivity contribution >= 4 is 17.8 Å². The van der Waals surface area contributed by atoms with Crippen molar-refractivity contribution in [2.24, 2.45) is 4.99 Å². The summed E-state index contributed by atoms with van der Waals surface area (Å²) in [5.41, 5.74) is -1.18. The smallest absolute Gasteiger partial charge is 0.335 e. The lowest BCUT2D eigenvalue weighted by molar-refractivity contribution is 0.420. The van der Waals surface area contributed by atoms with E-state index in [0.29, 0.717) is 23.8 Å². The first kappa shape index (κ1) is 17.0. The zero-order chi connectivity index (χ0) is 17.0. The van der Waals surface area contributed by atoms with Crippen LogP contribution in [-0.4, -0.2) is 53.0 Å². The van der Waals surface area contributed by atoms with Gasteiger partial charge in [-0.05, 0) is 32.3 Å². The second kappa shape index (κ2) is 7.26. The number of benzene rings is 1. The van der Waals surface area contributed by atoms with Gasteiger partial charge < -0.3 is 10.0 Å². The van der Waals surface area contributed by atoms with E-state index in [1.807, 2.05) is 19.0 Å². The molecule has 0 radical (unpaired) electrons. The summed E-state index contributed by atoms with van der Waals surface area (Å²) in [5, 5.41) is 10.7. The van der Waals surface area contributed by atoms with Crippen LogP contribution in [0.3, 0.4) is 0 Å². The molecular weight excluding hydrogens is 320 g/mol. The van der Waals surface area contributed by atoms with Crippen LogP contribution in [0.4, 0.5) is 0 Å². The normalized spacial score (nSPS) is 11.5. The average Bonchev–Trinajstić information content (AvgIpc) is 2.45. The third-order valence-electron chi connectivity index (χ3n) is 3.08. The molecule has 0 aliphatic carbocycles. The Labute approximate surface area is 137 Å². The van der Waals surface area contributed by atoms with Crippen molar-refractivity contribution in [3.8, 4) is 11.6 Å². The highest BCUT2D eigenvalue weighted by Gasteiger charge is 2.14. The van der Waals surface area contributed by atoms with Crippen molar-refractivity contribution in [2.45, 2.75) is 0 Å². The van der Waals surface area contributed by atoms with E-state index < -0.39 is 17.1 Å². The maximum Gasteiger partial charge on any atom is 0.335 e. The Morgan fingerprint density at radius 3 is 2.78 bits per heavy atom. The van der Waals surface area contributed by atoms with Crippen molar-refractivity contribution in [3.05, 3.63) is 55.7 Å². The fourth-order valence-electron chi connectivity index (χ4n) is 1.92. The number of H-pyrrole nitrogens is 1. The number of rotatable bonds is 5. The molecule has 0 bridgehead atoms. The Hall–Kier alpha value is -2.38. The van der Waals surface area contributed by atoms with Gasteiger partial charge >= 0.3 is 5.69 Å². The largest absolute Gasteiger partial charge is 0.493 e. The molecule has 0 aliphatic rings. The Balaban J connectivity index is 2.48. The monoisotopic (exact) mass is 336 g/mol. The van der Waals surface area contributed by atoms with Gasteiger partial charge in [0.1, 0.15) is 5.56 Å². The molecule has 0 saturated carbocycles. The summed E-state index contributed by atoms with van der Waals surface area (Å²) in [4.78, 5) is 32.1. The number of aromatic hydroxyl groups is 1. The van der Waals surface area contributed by atoms with Gasteiger partial charge in [0.2, 0.25) is 5.88 Å². The summed E-state index contributed by atoms with van der Waals surface area (Å²) in [6, 6.07) is 6.38. The van der Waals surface area contributed by atoms with Crippen LogP contribution in [0.5, 0.6) is 5.88 Å². The first-order valence-corrected chi connectivity index (χ1v) is 7.26. The zero-order valence-corrected chi connectivity index (χ0v) is 13.5. The molecule has 1 aromatic carbocycles. The maximum absolute atomic E-state index is 12.0. The molecule has 2 N–H and O–H groups in total. The molecule has 0 spiro atoms. The van der Waals surface area contributed by atoms with Gasteiger partial charge in [-0.2, -0.15) is 0 Å². The molecule has 1 aromatic heterocycles. The van der Waals surface area contributed by atoms with E-state index in [1.54, 1.807) is 18.2 Å². The average molecular weight is 337 g/mol. The number of hydrogen-bond donors (Lipinski definition) is 2. The van der Waals surface area contributed by atoms with Gasteiger partial charge in [-0.1, -0.05) is 17.7 Å². The van der Waals surface area contributed by atoms with Crippen molar-refractivity contribution < 1.29 is 5.11 Å². The molecule has 0 unspecified atom stereocenters. The van der Waals surface area contributed by atoms with Gasteiger partial charge in [0.05, 0.1) is 12.2 Å². The minimum Gasteiger partial charge on any atom is -0.493 e. The van der Waals surface area contributed by atoms with Crippen LogP contribution in [0, 0.1) is 0 Å². The van der Waals surface area contributed by atoms with Crippen LogP contribution >= 0.6 is 11.6 Å². The maximum atomic E-state index is 12.0. The van der Waals surface area contributed by atoms with Crippen molar-refractivity contribution in [1.82, 2.24) is 14.5 Å². The number of likely N-dealkylation sites (N-methyl/N-ethyl adjacent to an activating group) is 1. The molecular formula is C15H17ClN4O3. The summed E-state index contributed by atoms with van der Waals surface area (Å²) in [6.07, 6.45) is 1.26. The van der Waals surface area contributed by atoms with E-state index in [9.17, 15) is 14.7 Å². The van der Waals surface area contributed by atoms with Gasteiger partial charge in [0.15, 0.2) is 0 Å². The second-order valence-corrected chi connectivity index (χ2v) is 5.59. The standard InChI is InChI=1S/C15H17ClN4O3/c1-19(2)7-6-17-9-12-13(21)18-15(23)20(14(12)22)11-5-3-4-10(16)8-11/h3-5,8-9,22H,6-7H2,1-2H3,(H,18,21,23). The molecule has 0 aliphatic heterocycles. The molecule has 0 atom stereocenters. The van der Waals surface area contributed by atoms with E-state index in [1.165, 1.54) is 12.3 Å². The molecule has 23 heavy (non-hydrogen) atoms. The van der Waals surface area contributed by atoms with Crippen LogP contribution in [0.25, 0.3) is 5.69 Å². The first-order valence-electron chi connectivity index (χ1n) is 6.89. The van der Waals surface area contributed by atoms with Crippen LogP contribution in [0.1, 0.15) is 5.56 Å². The molecule has 0 fully saturated rings. The minimum atomic E-state index is -0.750. The highest BCUT2D eigenvalue weighted by molar-refractivity contribution is 6.30. The predicted molar refractivity (Wildman–Crippen MR) is 90.3 cm³/mol. The Bertz CT molecular complexity index is 839. The number of nitrogens with one attached hydrogen (secondary N) is 1. The summed E-state index contributed by atoms with van der Waals surface area (Å²) in [6.45, 7) is 1.16. The predicted octanol–water partition coefficient (Wildman–Crippen LogP) is 0.865. The van der Waals surface area contributed by atoms with Crippen LogP contribution in [0.2, 0.25) is 5.02 Å². The number of aromatic nitrogens is 2. The molecule has 122 valence electrons. The van der Waals surface area contributed by atoms with Gasteiger partial charge in [-0.25, -0.2) is 9.36 Å². The Morgan fingerprint density at radius 2 is 2.13 bits per heavy atom. The third-order valence-corrected chi connectivity index (χ3v) is 3.32. The molecule has 2 rings (SSSR count). The first-order chi connectivity index (χ1) is 10.9. The second-order valence-electron chi connectivity index (χ2n) is 5.15. The Kier molecular flexibility index (Phi) is 5.36. The van der Waals surface area contributed by atoms with Crippen LogP contribution in [0.15, 0.2) is 38.8 Å². The lowest BCUT2D eigenvalue weighted by atomic mass is 10.3. The molecule has 8 heteroatoms. The molecule has 7 nitrogen and oxygen atoms in total. The van der Waals surface area contributed by atoms with Crippen molar-refractivity contribution in [1.29, 1.82) is 0 Å². The number of hydrogen-bond acceptors (Lipinski definition) is 5. The molecule has 1 heterocycles. The highest BCUT2D eigenvalue weighted by atomic mass is 35.5. The van der Waals surface area contributed by atoms with Crippen LogP contribution < -0.4 is 11.2 Å². The summed E-state index contributed by atoms with van der Waals surface area (Å²) < 4.78 is 0.973. The van der Waals surface area contributed by atoms with E-state index in [4.69, 9.17) is 11.6 Å². The number of aliphatic imine (C=N–C) groups is 1. The highest BCUT2D eigenvalue weighted by Crippen LogP contribution is 2.18. The van der Waals surface area contributed by atoms with E-state index >= 15 is 0 Å². The van der Waals surface area contributed by atoms with Crippen LogP contribution in [-0.2, 0) is 0 Å². The fraction of sp³-hybridized carbons (Fsp3) is 0.267. The van der Waals surface area contributed by atoms with Gasteiger partial charge in [0.25, 0.3) is 5.56 Å². The quantitative estimate of drug-likeness (QED) is 0.792. The van der Waals surface area contributed by atoms with E-state index in [2.05, 4.69) is 9.98 Å². The molecule has 0 amide bonds. The summed E-state index contributed by atoms with van der Waals surface area (Å²) >= 11 is 5.90. The lowest BCUT2D eigenvalue weighted by Crippen LogP contribution is -2.31. The number of halogens is 1.